The van der Waals surface area contributed by atoms with Crippen LogP contribution < -0.4 is 11.5 Å². The first-order valence-corrected chi connectivity index (χ1v) is 10.7. The smallest absolute Gasteiger partial charge is 0.388 e. The minimum atomic E-state index is -5.35. The van der Waals surface area contributed by atoms with Crippen molar-refractivity contribution in [3.8, 4) is 0 Å². The number of alkyl halides is 1. The maximum atomic E-state index is 12.9. The number of ether oxygens (including phenoxy) is 1. The Hall–Kier alpha value is -1.74. The van der Waals surface area contributed by atoms with Gasteiger partial charge in [-0.25, -0.2) is 18.5 Å². The molecule has 15 nitrogen and oxygen atoms in total. The number of phosphoric ester groups is 1. The molecule has 0 aromatic carbocycles. The van der Waals surface area contributed by atoms with Crippen molar-refractivity contribution >= 4 is 38.6 Å². The Bertz CT molecular complexity index is 954. The predicted octanol–water partition coefficient (Wildman–Crippen LogP) is -0.549. The zero-order chi connectivity index (χ0) is 22.0. The van der Waals surface area contributed by atoms with Crippen LogP contribution in [0.1, 0.15) is 13.2 Å². The van der Waals surface area contributed by atoms with Gasteiger partial charge in [-0.1, -0.05) is 0 Å². The lowest BCUT2D eigenvalue weighted by atomic mass is 10.2. The molecule has 0 saturated carbocycles. The van der Waals surface area contributed by atoms with Gasteiger partial charge in [-0.15, -0.1) is 0 Å². The molecule has 0 amide bonds. The molecule has 0 bridgehead atoms. The fourth-order valence-electron chi connectivity index (χ4n) is 2.21. The molecular formula is C11H19FN6O9P2. The maximum Gasteiger partial charge on any atom is 0.481 e. The van der Waals surface area contributed by atoms with Crippen LogP contribution in [0.15, 0.2) is 6.33 Å². The van der Waals surface area contributed by atoms with Crippen LogP contribution >= 0.6 is 15.6 Å². The fraction of sp³-hybridized carbons (Fsp3) is 0.545. The van der Waals surface area contributed by atoms with Crippen molar-refractivity contribution in [3.63, 3.8) is 0 Å². The highest BCUT2D eigenvalue weighted by Gasteiger charge is 2.35. The highest BCUT2D eigenvalue weighted by atomic mass is 31.3. The molecule has 0 aliphatic rings. The third kappa shape index (κ3) is 6.37. The van der Waals surface area contributed by atoms with Gasteiger partial charge < -0.3 is 36.0 Å². The number of nitrogen functional groups attached to an aromatic ring is 2. The zero-order valence-corrected chi connectivity index (χ0v) is 16.6. The van der Waals surface area contributed by atoms with Crippen LogP contribution in [0.5, 0.6) is 0 Å². The second-order valence-electron chi connectivity index (χ2n) is 5.62. The Morgan fingerprint density at radius 3 is 2.52 bits per heavy atom. The highest BCUT2D eigenvalue weighted by molar-refractivity contribution is 7.60. The summed E-state index contributed by atoms with van der Waals surface area (Å²) in [7, 11) is -10.6. The van der Waals surface area contributed by atoms with E-state index in [2.05, 4.69) is 23.8 Å². The number of fused-ring (bicyclic) bond motifs is 1. The van der Waals surface area contributed by atoms with E-state index in [1.165, 1.54) is 17.8 Å². The van der Waals surface area contributed by atoms with Gasteiger partial charge in [0.05, 0.1) is 12.9 Å². The second kappa shape index (κ2) is 8.95. The van der Waals surface area contributed by atoms with E-state index in [-0.39, 0.29) is 22.9 Å². The lowest BCUT2D eigenvalue weighted by Gasteiger charge is -2.26. The molecule has 0 radical (unpaired) electrons. The summed E-state index contributed by atoms with van der Waals surface area (Å²) in [5.74, 6) is -0.152. The molecule has 0 aliphatic carbocycles. The van der Waals surface area contributed by atoms with Crippen molar-refractivity contribution in [1.82, 2.24) is 19.5 Å². The lowest BCUT2D eigenvalue weighted by molar-refractivity contribution is -0.118. The van der Waals surface area contributed by atoms with Crippen molar-refractivity contribution in [2.75, 3.05) is 24.7 Å². The molecule has 3 unspecified atom stereocenters. The number of anilines is 2. The Labute approximate surface area is 162 Å². The third-order valence-corrected chi connectivity index (χ3v) is 5.58. The van der Waals surface area contributed by atoms with E-state index in [1.807, 2.05) is 0 Å². The van der Waals surface area contributed by atoms with Gasteiger partial charge in [-0.05, 0) is 6.92 Å². The molecule has 2 aromatic heterocycles. The molecule has 2 rings (SSSR count). The third-order valence-electron chi connectivity index (χ3n) is 3.43. The Morgan fingerprint density at radius 2 is 1.93 bits per heavy atom. The molecule has 4 atom stereocenters. The van der Waals surface area contributed by atoms with Crippen molar-refractivity contribution < 1.29 is 46.9 Å². The minimum absolute atomic E-state index is 0.00192. The van der Waals surface area contributed by atoms with Crippen molar-refractivity contribution in [1.29, 1.82) is 0 Å². The molecule has 0 aliphatic heterocycles. The Balaban J connectivity index is 2.18. The van der Waals surface area contributed by atoms with E-state index in [0.29, 0.717) is 0 Å². The molecule has 164 valence electrons. The summed E-state index contributed by atoms with van der Waals surface area (Å²) in [4.78, 5) is 38.2. The van der Waals surface area contributed by atoms with Crippen LogP contribution in [0.3, 0.4) is 0 Å². The SMILES string of the molecule is CC(O[C@H](COP(=O)(O)OP(=O)(O)O)C(O)CF)n1cnc2c(N)nc(N)nc21. The summed E-state index contributed by atoms with van der Waals surface area (Å²) in [5, 5.41) is 9.76. The van der Waals surface area contributed by atoms with Crippen LogP contribution in [0, 0.1) is 0 Å². The van der Waals surface area contributed by atoms with Gasteiger partial charge in [0.25, 0.3) is 0 Å². The number of aliphatic hydroxyl groups excluding tert-OH is 1. The fourth-order valence-corrected chi connectivity index (χ4v) is 3.81. The molecule has 0 saturated heterocycles. The summed E-state index contributed by atoms with van der Waals surface area (Å²) in [6.45, 7) is -0.824. The number of imidazole rings is 1. The molecule has 2 heterocycles. The van der Waals surface area contributed by atoms with Crippen LogP contribution in [0.2, 0.25) is 0 Å². The van der Waals surface area contributed by atoms with E-state index in [0.717, 1.165) is 0 Å². The minimum Gasteiger partial charge on any atom is -0.388 e. The van der Waals surface area contributed by atoms with E-state index in [9.17, 15) is 23.5 Å². The van der Waals surface area contributed by atoms with Gasteiger partial charge in [0.2, 0.25) is 5.95 Å². The van der Waals surface area contributed by atoms with Gasteiger partial charge >= 0.3 is 15.6 Å². The van der Waals surface area contributed by atoms with Crippen LogP contribution in [-0.4, -0.2) is 64.8 Å². The van der Waals surface area contributed by atoms with Gasteiger partial charge in [0, 0.05) is 0 Å². The monoisotopic (exact) mass is 460 g/mol. The number of aromatic nitrogens is 4. The van der Waals surface area contributed by atoms with E-state index >= 15 is 0 Å². The average Bonchev–Trinajstić information content (AvgIpc) is 2.99. The number of aliphatic hydroxyl groups is 1. The average molecular weight is 460 g/mol. The molecule has 8 N–H and O–H groups in total. The van der Waals surface area contributed by atoms with E-state index < -0.39 is 47.4 Å². The molecule has 18 heteroatoms. The number of hydrogen-bond donors (Lipinski definition) is 6. The Kier molecular flexibility index (Phi) is 7.27. The Morgan fingerprint density at radius 1 is 1.28 bits per heavy atom. The van der Waals surface area contributed by atoms with Gasteiger partial charge in [-0.3, -0.25) is 9.09 Å². The maximum absolute atomic E-state index is 12.9. The highest BCUT2D eigenvalue weighted by Crippen LogP contribution is 2.57. The molecule has 0 spiro atoms. The standard InChI is InChI=1S/C11H19FN6O9P2/c1-5(18-4-15-8-9(13)16-11(14)17-10(8)18)26-7(6(19)2-12)3-25-29(23,24)27-28(20,21)22/h4-7,19H,2-3H2,1H3,(H,23,24)(H2,20,21,22)(H4,13,14,16,17)/t5?,6?,7-/m1/s1. The first-order valence-electron chi connectivity index (χ1n) is 7.72. The molecular weight excluding hydrogens is 441 g/mol. The number of halogens is 1. The molecule has 29 heavy (non-hydrogen) atoms. The molecule has 2 aromatic rings. The van der Waals surface area contributed by atoms with Gasteiger partial charge in [-0.2, -0.15) is 14.3 Å². The second-order valence-corrected chi connectivity index (χ2v) is 8.45. The molecule has 0 fully saturated rings. The predicted molar refractivity (Wildman–Crippen MR) is 94.6 cm³/mol. The first-order chi connectivity index (χ1) is 13.3. The largest absolute Gasteiger partial charge is 0.481 e. The van der Waals surface area contributed by atoms with Gasteiger partial charge in [0.1, 0.15) is 30.6 Å². The summed E-state index contributed by atoms with van der Waals surface area (Å²) in [5.41, 5.74) is 11.6. The normalized spacial score (nSPS) is 17.7. The number of phosphoric acid groups is 2. The quantitative estimate of drug-likeness (QED) is 0.244. The number of rotatable bonds is 10. The van der Waals surface area contributed by atoms with E-state index in [4.69, 9.17) is 26.0 Å². The number of nitrogens with zero attached hydrogens (tertiary/aromatic N) is 4. The van der Waals surface area contributed by atoms with Crippen LogP contribution in [0.4, 0.5) is 16.2 Å². The van der Waals surface area contributed by atoms with Crippen molar-refractivity contribution in [3.05, 3.63) is 6.33 Å². The number of hydrogen-bond acceptors (Lipinski definition) is 11. The zero-order valence-electron chi connectivity index (χ0n) is 14.8. The summed E-state index contributed by atoms with van der Waals surface area (Å²) in [6, 6.07) is 0. The van der Waals surface area contributed by atoms with Crippen LogP contribution in [0.25, 0.3) is 11.2 Å². The van der Waals surface area contributed by atoms with Crippen LogP contribution in [-0.2, 0) is 22.7 Å². The summed E-state index contributed by atoms with van der Waals surface area (Å²) in [6.07, 6.45) is -3.10. The number of nitrogens with two attached hydrogens (primary N) is 2. The summed E-state index contributed by atoms with van der Waals surface area (Å²) < 4.78 is 49.9. The van der Waals surface area contributed by atoms with E-state index in [1.54, 1.807) is 0 Å². The lowest BCUT2D eigenvalue weighted by Crippen LogP contribution is -2.36. The van der Waals surface area contributed by atoms with Crippen molar-refractivity contribution in [2.24, 2.45) is 0 Å². The topological polar surface area (TPSA) is 238 Å². The first kappa shape index (κ1) is 23.5. The van der Waals surface area contributed by atoms with Crippen molar-refractivity contribution in [2.45, 2.75) is 25.4 Å². The van der Waals surface area contributed by atoms with Gasteiger partial charge in [0.15, 0.2) is 11.5 Å². The summed E-state index contributed by atoms with van der Waals surface area (Å²) >= 11 is 0.